The SMILES string of the molecule is O=C(BO)Nc1ccccc1. The molecule has 0 aliphatic rings. The summed E-state index contributed by atoms with van der Waals surface area (Å²) >= 11 is 0. The van der Waals surface area contributed by atoms with Gasteiger partial charge in [-0.15, -0.1) is 0 Å². The molecule has 0 spiro atoms. The third-order valence-electron chi connectivity index (χ3n) is 1.20. The lowest BCUT2D eigenvalue weighted by atomic mass is 10.0. The van der Waals surface area contributed by atoms with Crippen LogP contribution in [0, 0.1) is 0 Å². The number of nitrogens with one attached hydrogen (secondary N) is 1. The molecular weight excluding hydrogens is 141 g/mol. The van der Waals surface area contributed by atoms with Gasteiger partial charge in [-0.25, -0.2) is 0 Å². The monoisotopic (exact) mass is 149 g/mol. The molecule has 0 aliphatic carbocycles. The van der Waals surface area contributed by atoms with Crippen LogP contribution in [0.2, 0.25) is 0 Å². The summed E-state index contributed by atoms with van der Waals surface area (Å²) < 4.78 is 0. The van der Waals surface area contributed by atoms with E-state index in [1.807, 2.05) is 18.2 Å². The van der Waals surface area contributed by atoms with Crippen molar-refractivity contribution in [2.75, 3.05) is 5.32 Å². The molecule has 3 nitrogen and oxygen atoms in total. The van der Waals surface area contributed by atoms with Crippen molar-refractivity contribution >= 4 is 19.0 Å². The maximum Gasteiger partial charge on any atom is 0.377 e. The topological polar surface area (TPSA) is 49.3 Å². The zero-order chi connectivity index (χ0) is 8.10. The molecule has 4 heteroatoms. The van der Waals surface area contributed by atoms with E-state index in [4.69, 9.17) is 5.02 Å². The van der Waals surface area contributed by atoms with Gasteiger partial charge in [0.15, 0.2) is 0 Å². The van der Waals surface area contributed by atoms with Gasteiger partial charge >= 0.3 is 7.48 Å². The summed E-state index contributed by atoms with van der Waals surface area (Å²) in [5, 5.41) is 10.9. The molecule has 2 N–H and O–H groups in total. The first-order valence-electron chi connectivity index (χ1n) is 3.28. The molecule has 0 aliphatic heterocycles. The van der Waals surface area contributed by atoms with Gasteiger partial charge in [-0.1, -0.05) is 18.2 Å². The highest BCUT2D eigenvalue weighted by Crippen LogP contribution is 2.03. The molecule has 0 fully saturated rings. The van der Waals surface area contributed by atoms with E-state index in [-0.39, 0.29) is 0 Å². The summed E-state index contributed by atoms with van der Waals surface area (Å²) in [7, 11) is -0.477. The van der Waals surface area contributed by atoms with E-state index in [1.165, 1.54) is 0 Å². The Morgan fingerprint density at radius 2 is 2.00 bits per heavy atom. The van der Waals surface area contributed by atoms with Gasteiger partial charge in [0.05, 0.1) is 0 Å². The van der Waals surface area contributed by atoms with Crippen molar-refractivity contribution in [1.29, 1.82) is 0 Å². The van der Waals surface area contributed by atoms with Crippen LogP contribution in [0.5, 0.6) is 0 Å². The Kier molecular flexibility index (Phi) is 2.69. The number of hydrogen-bond donors (Lipinski definition) is 2. The Morgan fingerprint density at radius 1 is 1.36 bits per heavy atom. The second kappa shape index (κ2) is 3.78. The maximum atomic E-state index is 10.6. The molecule has 0 bridgehead atoms. The minimum atomic E-state index is -0.477. The molecule has 1 aromatic rings. The van der Waals surface area contributed by atoms with Crippen molar-refractivity contribution in [2.45, 2.75) is 0 Å². The van der Waals surface area contributed by atoms with Crippen molar-refractivity contribution in [3.8, 4) is 0 Å². The lowest BCUT2D eigenvalue weighted by Crippen LogP contribution is -2.16. The zero-order valence-corrected chi connectivity index (χ0v) is 5.95. The predicted molar refractivity (Wildman–Crippen MR) is 44.8 cm³/mol. The largest absolute Gasteiger partial charge is 0.446 e. The van der Waals surface area contributed by atoms with Crippen LogP contribution < -0.4 is 5.32 Å². The highest BCUT2D eigenvalue weighted by Gasteiger charge is 1.99. The van der Waals surface area contributed by atoms with E-state index in [0.29, 0.717) is 5.69 Å². The first kappa shape index (κ1) is 7.82. The lowest BCUT2D eigenvalue weighted by molar-refractivity contribution is 0.266. The second-order valence-electron chi connectivity index (χ2n) is 2.07. The number of anilines is 1. The first-order valence-corrected chi connectivity index (χ1v) is 3.28. The molecule has 1 rings (SSSR count). The summed E-state index contributed by atoms with van der Waals surface area (Å²) in [6.45, 7) is 0. The highest BCUT2D eigenvalue weighted by atomic mass is 16.2. The van der Waals surface area contributed by atoms with Gasteiger partial charge in [0.2, 0.25) is 5.81 Å². The van der Waals surface area contributed by atoms with Gasteiger partial charge in [0, 0.05) is 5.69 Å². The summed E-state index contributed by atoms with van der Waals surface area (Å²) in [4.78, 5) is 10.6. The van der Waals surface area contributed by atoms with Crippen molar-refractivity contribution in [2.24, 2.45) is 0 Å². The molecule has 56 valence electrons. The van der Waals surface area contributed by atoms with E-state index in [1.54, 1.807) is 12.1 Å². The molecule has 0 saturated carbocycles. The first-order chi connectivity index (χ1) is 5.33. The molecule has 0 saturated heterocycles. The quantitative estimate of drug-likeness (QED) is 0.603. The lowest BCUT2D eigenvalue weighted by Gasteiger charge is -1.99. The van der Waals surface area contributed by atoms with Crippen molar-refractivity contribution in [1.82, 2.24) is 0 Å². The minimum Gasteiger partial charge on any atom is -0.446 e. The van der Waals surface area contributed by atoms with Crippen LogP contribution in [-0.4, -0.2) is 18.3 Å². The molecule has 0 unspecified atom stereocenters. The fourth-order valence-electron chi connectivity index (χ4n) is 0.722. The molecule has 0 radical (unpaired) electrons. The molecule has 0 heterocycles. The molecule has 0 atom stereocenters. The fourth-order valence-corrected chi connectivity index (χ4v) is 0.722. The second-order valence-corrected chi connectivity index (χ2v) is 2.07. The zero-order valence-electron chi connectivity index (χ0n) is 5.95. The number of para-hydroxylation sites is 1. The smallest absolute Gasteiger partial charge is 0.377 e. The predicted octanol–water partition coefficient (Wildman–Crippen LogP) is 0.562. The van der Waals surface area contributed by atoms with Crippen LogP contribution in [0.15, 0.2) is 30.3 Å². The van der Waals surface area contributed by atoms with Crippen LogP contribution >= 0.6 is 0 Å². The van der Waals surface area contributed by atoms with Crippen LogP contribution in [0.25, 0.3) is 0 Å². The van der Waals surface area contributed by atoms with Gasteiger partial charge in [0.25, 0.3) is 0 Å². The van der Waals surface area contributed by atoms with E-state index in [0.717, 1.165) is 0 Å². The number of carbonyl (C=O) groups excluding carboxylic acids is 1. The highest BCUT2D eigenvalue weighted by molar-refractivity contribution is 6.70. The van der Waals surface area contributed by atoms with E-state index < -0.39 is 13.3 Å². The van der Waals surface area contributed by atoms with Crippen LogP contribution in [-0.2, 0) is 0 Å². The Bertz CT molecular complexity index is 237. The number of benzene rings is 1. The molecule has 1 aromatic carbocycles. The summed E-state index contributed by atoms with van der Waals surface area (Å²) in [6.07, 6.45) is 0. The van der Waals surface area contributed by atoms with Crippen LogP contribution in [0.1, 0.15) is 0 Å². The van der Waals surface area contributed by atoms with Crippen LogP contribution in [0.4, 0.5) is 10.5 Å². The van der Waals surface area contributed by atoms with Crippen molar-refractivity contribution in [3.63, 3.8) is 0 Å². The molecule has 1 amide bonds. The standard InChI is InChI=1S/C7H8BNO2/c10-7(8-11)9-6-4-2-1-3-5-6/h1-5,8,11H,(H,9,10). The van der Waals surface area contributed by atoms with Crippen molar-refractivity contribution < 1.29 is 9.82 Å². The summed E-state index contributed by atoms with van der Waals surface area (Å²) in [5.41, 5.74) is 0.701. The van der Waals surface area contributed by atoms with Crippen LogP contribution in [0.3, 0.4) is 0 Å². The number of carbonyl (C=O) groups is 1. The van der Waals surface area contributed by atoms with Gasteiger partial charge in [-0.05, 0) is 12.1 Å². The molecule has 0 aromatic heterocycles. The van der Waals surface area contributed by atoms with E-state index in [2.05, 4.69) is 5.32 Å². The number of rotatable bonds is 2. The average Bonchev–Trinajstić information content (AvgIpc) is 2.06. The third kappa shape index (κ3) is 2.43. The van der Waals surface area contributed by atoms with Crippen molar-refractivity contribution in [3.05, 3.63) is 30.3 Å². The maximum absolute atomic E-state index is 10.6. The van der Waals surface area contributed by atoms with E-state index in [9.17, 15) is 4.79 Å². The Labute approximate surface area is 65.3 Å². The molecular formula is C7H8BNO2. The Balaban J connectivity index is 2.58. The number of hydrogen-bond acceptors (Lipinski definition) is 2. The normalized spacial score (nSPS) is 8.82. The summed E-state index contributed by atoms with van der Waals surface area (Å²) in [5.74, 6) is -0.392. The Morgan fingerprint density at radius 3 is 2.55 bits per heavy atom. The summed E-state index contributed by atoms with van der Waals surface area (Å²) in [6, 6.07) is 9.00. The fraction of sp³-hybridized carbons (Fsp3) is 0. The number of amides is 1. The third-order valence-corrected chi connectivity index (χ3v) is 1.20. The molecule has 11 heavy (non-hydrogen) atoms. The average molecular weight is 149 g/mol. The van der Waals surface area contributed by atoms with Gasteiger partial charge in [-0.2, -0.15) is 0 Å². The van der Waals surface area contributed by atoms with Gasteiger partial charge < -0.3 is 10.3 Å². The minimum absolute atomic E-state index is 0.392. The van der Waals surface area contributed by atoms with Gasteiger partial charge in [-0.3, -0.25) is 4.79 Å². The Hall–Kier alpha value is -1.29. The van der Waals surface area contributed by atoms with Gasteiger partial charge in [0.1, 0.15) is 0 Å². The van der Waals surface area contributed by atoms with E-state index >= 15 is 0 Å².